The molecule has 0 aliphatic heterocycles. The Morgan fingerprint density at radius 2 is 2.00 bits per heavy atom. The number of rotatable bonds is 6. The van der Waals surface area contributed by atoms with Crippen LogP contribution in [0.2, 0.25) is 0 Å². The van der Waals surface area contributed by atoms with Crippen LogP contribution in [0.25, 0.3) is 0 Å². The van der Waals surface area contributed by atoms with Crippen LogP contribution in [0, 0.1) is 5.92 Å². The van der Waals surface area contributed by atoms with Crippen LogP contribution < -0.4 is 11.1 Å². The number of hydrogen-bond acceptors (Lipinski definition) is 2. The summed E-state index contributed by atoms with van der Waals surface area (Å²) in [6.07, 6.45) is 10.8. The molecule has 0 heterocycles. The van der Waals surface area contributed by atoms with Crippen molar-refractivity contribution in [1.29, 1.82) is 0 Å². The van der Waals surface area contributed by atoms with Gasteiger partial charge in [0.25, 0.3) is 0 Å². The molecular formula is C14H30N2. The van der Waals surface area contributed by atoms with Crippen molar-refractivity contribution < 1.29 is 0 Å². The molecule has 0 aromatic rings. The first-order valence-corrected chi connectivity index (χ1v) is 7.17. The highest BCUT2D eigenvalue weighted by molar-refractivity contribution is 4.73. The van der Waals surface area contributed by atoms with Crippen molar-refractivity contribution in [3.8, 4) is 0 Å². The molecule has 1 saturated carbocycles. The van der Waals surface area contributed by atoms with Gasteiger partial charge in [-0.25, -0.2) is 0 Å². The fourth-order valence-corrected chi connectivity index (χ4v) is 2.59. The molecule has 1 aliphatic carbocycles. The van der Waals surface area contributed by atoms with Gasteiger partial charge in [-0.3, -0.25) is 0 Å². The highest BCUT2D eigenvalue weighted by atomic mass is 14.9. The van der Waals surface area contributed by atoms with Gasteiger partial charge in [-0.15, -0.1) is 0 Å². The van der Waals surface area contributed by atoms with E-state index in [0.717, 1.165) is 12.0 Å². The summed E-state index contributed by atoms with van der Waals surface area (Å²) in [5.41, 5.74) is 5.73. The topological polar surface area (TPSA) is 38.0 Å². The summed E-state index contributed by atoms with van der Waals surface area (Å²) in [6, 6.07) is 1.17. The monoisotopic (exact) mass is 226 g/mol. The van der Waals surface area contributed by atoms with Crippen LogP contribution >= 0.6 is 0 Å². The van der Waals surface area contributed by atoms with E-state index < -0.39 is 0 Å². The van der Waals surface area contributed by atoms with Crippen molar-refractivity contribution in [1.82, 2.24) is 5.32 Å². The van der Waals surface area contributed by atoms with Crippen LogP contribution in [0.1, 0.15) is 65.2 Å². The van der Waals surface area contributed by atoms with Crippen LogP contribution in [0.4, 0.5) is 0 Å². The Morgan fingerprint density at radius 3 is 2.75 bits per heavy atom. The summed E-state index contributed by atoms with van der Waals surface area (Å²) in [6.45, 7) is 5.68. The fourth-order valence-electron chi connectivity index (χ4n) is 2.59. The van der Waals surface area contributed by atoms with Crippen molar-refractivity contribution in [2.45, 2.75) is 77.3 Å². The second kappa shape index (κ2) is 8.08. The quantitative estimate of drug-likeness (QED) is 0.539. The molecule has 0 saturated heterocycles. The van der Waals surface area contributed by atoms with Crippen molar-refractivity contribution in [3.63, 3.8) is 0 Å². The standard InChI is InChI=1S/C14H30N2/c1-12-6-5-8-14(10-9-12)16-11-4-3-7-13(2)15/h12-14,16H,3-11,15H2,1-2H3. The molecule has 1 aliphatic rings. The summed E-state index contributed by atoms with van der Waals surface area (Å²) in [4.78, 5) is 0. The van der Waals surface area contributed by atoms with Gasteiger partial charge in [0.05, 0.1) is 0 Å². The van der Waals surface area contributed by atoms with Gasteiger partial charge in [-0.2, -0.15) is 0 Å². The Labute approximate surface area is 101 Å². The number of hydrogen-bond donors (Lipinski definition) is 2. The predicted octanol–water partition coefficient (Wildman–Crippen LogP) is 3.06. The second-order valence-corrected chi connectivity index (χ2v) is 5.74. The first-order chi connectivity index (χ1) is 7.68. The van der Waals surface area contributed by atoms with E-state index in [4.69, 9.17) is 5.73 Å². The van der Waals surface area contributed by atoms with Crippen LogP contribution in [0.15, 0.2) is 0 Å². The average molecular weight is 226 g/mol. The highest BCUT2D eigenvalue weighted by Crippen LogP contribution is 2.22. The predicted molar refractivity (Wildman–Crippen MR) is 71.5 cm³/mol. The van der Waals surface area contributed by atoms with Gasteiger partial charge in [0.1, 0.15) is 0 Å². The lowest BCUT2D eigenvalue weighted by Crippen LogP contribution is -2.29. The maximum absolute atomic E-state index is 5.73. The average Bonchev–Trinajstić information content (AvgIpc) is 2.43. The van der Waals surface area contributed by atoms with Gasteiger partial charge in [0, 0.05) is 12.1 Å². The molecule has 0 radical (unpaired) electrons. The first-order valence-electron chi connectivity index (χ1n) is 7.17. The molecule has 1 fully saturated rings. The van der Waals surface area contributed by atoms with Crippen LogP contribution in [-0.2, 0) is 0 Å². The van der Waals surface area contributed by atoms with E-state index in [1.165, 1.54) is 57.9 Å². The highest BCUT2D eigenvalue weighted by Gasteiger charge is 2.14. The minimum atomic E-state index is 0.374. The van der Waals surface area contributed by atoms with Crippen LogP contribution in [0.3, 0.4) is 0 Å². The first kappa shape index (κ1) is 14.0. The Hall–Kier alpha value is -0.0800. The fraction of sp³-hybridized carbons (Fsp3) is 1.00. The molecule has 1 rings (SSSR count). The van der Waals surface area contributed by atoms with Crippen molar-refractivity contribution in [2.24, 2.45) is 11.7 Å². The van der Waals surface area contributed by atoms with Gasteiger partial charge in [-0.1, -0.05) is 26.2 Å². The number of nitrogens with one attached hydrogen (secondary N) is 1. The van der Waals surface area contributed by atoms with Crippen molar-refractivity contribution in [2.75, 3.05) is 6.54 Å². The molecule has 96 valence electrons. The Balaban J connectivity index is 1.99. The molecule has 16 heavy (non-hydrogen) atoms. The third-order valence-corrected chi connectivity index (χ3v) is 3.78. The molecule has 3 N–H and O–H groups in total. The smallest absolute Gasteiger partial charge is 0.00671 e. The third kappa shape index (κ3) is 6.49. The normalized spacial score (nSPS) is 28.7. The molecule has 0 spiro atoms. The zero-order chi connectivity index (χ0) is 11.8. The molecule has 3 unspecified atom stereocenters. The maximum Gasteiger partial charge on any atom is 0.00671 e. The number of nitrogens with two attached hydrogens (primary N) is 1. The molecular weight excluding hydrogens is 196 g/mol. The van der Waals surface area contributed by atoms with Gasteiger partial charge in [0.2, 0.25) is 0 Å². The SMILES string of the molecule is CC(N)CCCCNC1CCCC(C)CC1. The number of unbranched alkanes of at least 4 members (excludes halogenated alkanes) is 1. The Bertz CT molecular complexity index is 168. The van der Waals surface area contributed by atoms with Gasteiger partial charge < -0.3 is 11.1 Å². The van der Waals surface area contributed by atoms with Crippen LogP contribution in [-0.4, -0.2) is 18.6 Å². The van der Waals surface area contributed by atoms with E-state index in [1.54, 1.807) is 0 Å². The zero-order valence-corrected chi connectivity index (χ0v) is 11.2. The van der Waals surface area contributed by atoms with E-state index >= 15 is 0 Å². The maximum atomic E-state index is 5.73. The van der Waals surface area contributed by atoms with Gasteiger partial charge >= 0.3 is 0 Å². The molecule has 2 nitrogen and oxygen atoms in total. The summed E-state index contributed by atoms with van der Waals surface area (Å²) in [7, 11) is 0. The zero-order valence-electron chi connectivity index (χ0n) is 11.2. The van der Waals surface area contributed by atoms with Gasteiger partial charge in [-0.05, 0) is 51.5 Å². The minimum Gasteiger partial charge on any atom is -0.328 e. The lowest BCUT2D eigenvalue weighted by molar-refractivity contribution is 0.437. The summed E-state index contributed by atoms with van der Waals surface area (Å²) >= 11 is 0. The lowest BCUT2D eigenvalue weighted by atomic mass is 10.0. The Kier molecular flexibility index (Phi) is 7.06. The van der Waals surface area contributed by atoms with Gasteiger partial charge in [0.15, 0.2) is 0 Å². The van der Waals surface area contributed by atoms with Crippen LogP contribution in [0.5, 0.6) is 0 Å². The molecule has 0 bridgehead atoms. The summed E-state index contributed by atoms with van der Waals surface area (Å²) in [5.74, 6) is 0.949. The molecule has 2 heteroatoms. The minimum absolute atomic E-state index is 0.374. The molecule has 0 aromatic carbocycles. The van der Waals surface area contributed by atoms with E-state index in [2.05, 4.69) is 19.2 Å². The third-order valence-electron chi connectivity index (χ3n) is 3.78. The molecule has 0 amide bonds. The largest absolute Gasteiger partial charge is 0.328 e. The van der Waals surface area contributed by atoms with E-state index in [-0.39, 0.29) is 0 Å². The summed E-state index contributed by atoms with van der Waals surface area (Å²) < 4.78 is 0. The van der Waals surface area contributed by atoms with E-state index in [9.17, 15) is 0 Å². The summed E-state index contributed by atoms with van der Waals surface area (Å²) in [5, 5.41) is 3.72. The molecule has 3 atom stereocenters. The van der Waals surface area contributed by atoms with E-state index in [1.807, 2.05) is 0 Å². The molecule has 0 aromatic heterocycles. The second-order valence-electron chi connectivity index (χ2n) is 5.74. The van der Waals surface area contributed by atoms with Crippen molar-refractivity contribution >= 4 is 0 Å². The van der Waals surface area contributed by atoms with E-state index in [0.29, 0.717) is 6.04 Å². The van der Waals surface area contributed by atoms with Crippen molar-refractivity contribution in [3.05, 3.63) is 0 Å². The Morgan fingerprint density at radius 1 is 1.19 bits per heavy atom. The lowest BCUT2D eigenvalue weighted by Gasteiger charge is -2.16.